The molecular formula is C20H26N2O3S. The maximum absolute atomic E-state index is 12.6. The van der Waals surface area contributed by atoms with Gasteiger partial charge in [0.1, 0.15) is 6.54 Å². The summed E-state index contributed by atoms with van der Waals surface area (Å²) in [6, 6.07) is 14.6. The summed E-state index contributed by atoms with van der Waals surface area (Å²) in [5.74, 6) is -0.328. The Balaban J connectivity index is 2.19. The smallest absolute Gasteiger partial charge is 0.241 e. The van der Waals surface area contributed by atoms with Gasteiger partial charge in [0.15, 0.2) is 0 Å². The lowest BCUT2D eigenvalue weighted by atomic mass is 9.97. The van der Waals surface area contributed by atoms with E-state index >= 15 is 0 Å². The van der Waals surface area contributed by atoms with E-state index in [2.05, 4.69) is 11.4 Å². The molecule has 1 unspecified atom stereocenters. The number of rotatable bonds is 7. The average molecular weight is 375 g/mol. The van der Waals surface area contributed by atoms with Gasteiger partial charge in [0.2, 0.25) is 15.9 Å². The van der Waals surface area contributed by atoms with Crippen molar-refractivity contribution in [1.82, 2.24) is 5.32 Å². The van der Waals surface area contributed by atoms with Gasteiger partial charge in [-0.15, -0.1) is 0 Å². The average Bonchev–Trinajstić information content (AvgIpc) is 2.58. The second-order valence-corrected chi connectivity index (χ2v) is 8.40. The first-order valence-corrected chi connectivity index (χ1v) is 10.5. The fourth-order valence-corrected chi connectivity index (χ4v) is 3.84. The number of para-hydroxylation sites is 1. The van der Waals surface area contributed by atoms with Crippen molar-refractivity contribution in [2.24, 2.45) is 0 Å². The molecule has 0 spiro atoms. The monoisotopic (exact) mass is 374 g/mol. The van der Waals surface area contributed by atoms with Crippen LogP contribution in [0.4, 0.5) is 5.69 Å². The van der Waals surface area contributed by atoms with Crippen LogP contribution in [0.15, 0.2) is 48.5 Å². The first kappa shape index (κ1) is 20.0. The predicted octanol–water partition coefficient (Wildman–Crippen LogP) is 3.34. The third-order valence-corrected chi connectivity index (χ3v) is 5.42. The van der Waals surface area contributed by atoms with Gasteiger partial charge in [-0.1, -0.05) is 48.9 Å². The summed E-state index contributed by atoms with van der Waals surface area (Å²) in [6.45, 7) is 5.80. The molecule has 0 aliphatic rings. The fraction of sp³-hybridized carbons (Fsp3) is 0.350. The molecule has 1 amide bonds. The van der Waals surface area contributed by atoms with E-state index in [1.54, 1.807) is 30.3 Å². The molecule has 6 heteroatoms. The van der Waals surface area contributed by atoms with E-state index in [9.17, 15) is 13.2 Å². The minimum Gasteiger partial charge on any atom is -0.348 e. The van der Waals surface area contributed by atoms with Crippen molar-refractivity contribution in [3.63, 3.8) is 0 Å². The zero-order valence-corrected chi connectivity index (χ0v) is 16.5. The lowest BCUT2D eigenvalue weighted by Gasteiger charge is -2.24. The molecule has 140 valence electrons. The lowest BCUT2D eigenvalue weighted by Crippen LogP contribution is -2.41. The molecule has 0 bridgehead atoms. The van der Waals surface area contributed by atoms with Crippen LogP contribution >= 0.6 is 0 Å². The molecular weight excluding hydrogens is 348 g/mol. The summed E-state index contributed by atoms with van der Waals surface area (Å²) >= 11 is 0. The minimum atomic E-state index is -3.56. The Hall–Kier alpha value is -2.34. The zero-order chi connectivity index (χ0) is 19.3. The standard InChI is InChI=1S/C20H26N2O3S/c1-5-19(18-12-11-15(2)13-16(18)3)21-20(23)14-22(26(4,24)25)17-9-7-6-8-10-17/h6-13,19H,5,14H2,1-4H3,(H,21,23). The molecule has 1 atom stereocenters. The van der Waals surface area contributed by atoms with Crippen LogP contribution in [0.3, 0.4) is 0 Å². The van der Waals surface area contributed by atoms with Crippen LogP contribution in [-0.2, 0) is 14.8 Å². The number of hydrogen-bond donors (Lipinski definition) is 1. The van der Waals surface area contributed by atoms with E-state index in [0.717, 1.165) is 28.1 Å². The summed E-state index contributed by atoms with van der Waals surface area (Å²) in [5.41, 5.74) is 3.81. The van der Waals surface area contributed by atoms with Crippen molar-refractivity contribution in [1.29, 1.82) is 0 Å². The number of amides is 1. The Labute approximate surface area is 156 Å². The highest BCUT2D eigenvalue weighted by Crippen LogP contribution is 2.22. The number of anilines is 1. The molecule has 2 rings (SSSR count). The van der Waals surface area contributed by atoms with E-state index in [1.165, 1.54) is 5.56 Å². The second kappa shape index (κ2) is 8.36. The molecule has 2 aromatic rings. The largest absolute Gasteiger partial charge is 0.348 e. The SMILES string of the molecule is CCC(NC(=O)CN(c1ccccc1)S(C)(=O)=O)c1ccc(C)cc1C. The van der Waals surface area contributed by atoms with Crippen LogP contribution in [-0.4, -0.2) is 27.1 Å². The molecule has 0 aliphatic carbocycles. The van der Waals surface area contributed by atoms with Crippen molar-refractivity contribution in [3.8, 4) is 0 Å². The minimum absolute atomic E-state index is 0.153. The normalized spacial score (nSPS) is 12.5. The molecule has 0 heterocycles. The number of carbonyl (C=O) groups is 1. The first-order valence-electron chi connectivity index (χ1n) is 8.61. The highest BCUT2D eigenvalue weighted by atomic mass is 32.2. The molecule has 2 aromatic carbocycles. The van der Waals surface area contributed by atoms with Gasteiger partial charge in [-0.05, 0) is 43.5 Å². The number of aryl methyl sites for hydroxylation is 2. The Morgan fingerprint density at radius 2 is 1.77 bits per heavy atom. The van der Waals surface area contributed by atoms with Crippen molar-refractivity contribution in [2.75, 3.05) is 17.1 Å². The lowest BCUT2D eigenvalue weighted by molar-refractivity contribution is -0.120. The number of nitrogens with one attached hydrogen (secondary N) is 1. The van der Waals surface area contributed by atoms with E-state index < -0.39 is 10.0 Å². The number of nitrogens with zero attached hydrogens (tertiary/aromatic N) is 1. The predicted molar refractivity (Wildman–Crippen MR) is 106 cm³/mol. The van der Waals surface area contributed by atoms with Crippen molar-refractivity contribution >= 4 is 21.6 Å². The maximum Gasteiger partial charge on any atom is 0.241 e. The van der Waals surface area contributed by atoms with Gasteiger partial charge in [0.05, 0.1) is 18.0 Å². The fourth-order valence-electron chi connectivity index (χ4n) is 2.98. The molecule has 0 saturated carbocycles. The maximum atomic E-state index is 12.6. The summed E-state index contributed by atoms with van der Waals surface area (Å²) in [5, 5.41) is 2.97. The van der Waals surface area contributed by atoms with E-state index in [1.807, 2.05) is 32.9 Å². The van der Waals surface area contributed by atoms with Crippen LogP contribution < -0.4 is 9.62 Å². The number of carbonyl (C=O) groups excluding carboxylic acids is 1. The summed E-state index contributed by atoms with van der Waals surface area (Å²) < 4.78 is 25.4. The molecule has 1 N–H and O–H groups in total. The van der Waals surface area contributed by atoms with E-state index in [4.69, 9.17) is 0 Å². The second-order valence-electron chi connectivity index (χ2n) is 6.49. The van der Waals surface area contributed by atoms with Crippen LogP contribution in [0.25, 0.3) is 0 Å². The van der Waals surface area contributed by atoms with Gasteiger partial charge in [0, 0.05) is 0 Å². The Kier molecular flexibility index (Phi) is 6.42. The molecule has 5 nitrogen and oxygen atoms in total. The van der Waals surface area contributed by atoms with Crippen molar-refractivity contribution in [3.05, 3.63) is 65.2 Å². The van der Waals surface area contributed by atoms with Crippen LogP contribution in [0.2, 0.25) is 0 Å². The molecule has 26 heavy (non-hydrogen) atoms. The molecule has 0 fully saturated rings. The van der Waals surface area contributed by atoms with E-state index in [0.29, 0.717) is 5.69 Å². The van der Waals surface area contributed by atoms with Gasteiger partial charge in [-0.25, -0.2) is 8.42 Å². The molecule has 0 aliphatic heterocycles. The summed E-state index contributed by atoms with van der Waals surface area (Å²) in [7, 11) is -3.56. The highest BCUT2D eigenvalue weighted by molar-refractivity contribution is 7.92. The van der Waals surface area contributed by atoms with Gasteiger partial charge in [0.25, 0.3) is 0 Å². The van der Waals surface area contributed by atoms with Crippen molar-refractivity contribution < 1.29 is 13.2 Å². The van der Waals surface area contributed by atoms with Crippen LogP contribution in [0.5, 0.6) is 0 Å². The third kappa shape index (κ3) is 5.08. The quantitative estimate of drug-likeness (QED) is 0.808. The van der Waals surface area contributed by atoms with E-state index in [-0.39, 0.29) is 18.5 Å². The van der Waals surface area contributed by atoms with Gasteiger partial charge in [-0.2, -0.15) is 0 Å². The molecule has 0 aromatic heterocycles. The first-order chi connectivity index (χ1) is 12.2. The number of benzene rings is 2. The summed E-state index contributed by atoms with van der Waals surface area (Å²) in [4.78, 5) is 12.6. The third-order valence-electron chi connectivity index (χ3n) is 4.28. The zero-order valence-electron chi connectivity index (χ0n) is 15.7. The van der Waals surface area contributed by atoms with Gasteiger partial charge < -0.3 is 5.32 Å². The van der Waals surface area contributed by atoms with Gasteiger partial charge in [-0.3, -0.25) is 9.10 Å². The highest BCUT2D eigenvalue weighted by Gasteiger charge is 2.22. The van der Waals surface area contributed by atoms with Crippen LogP contribution in [0.1, 0.15) is 36.1 Å². The van der Waals surface area contributed by atoms with Gasteiger partial charge >= 0.3 is 0 Å². The summed E-state index contributed by atoms with van der Waals surface area (Å²) in [6.07, 6.45) is 1.83. The Morgan fingerprint density at radius 1 is 1.12 bits per heavy atom. The topological polar surface area (TPSA) is 66.5 Å². The Morgan fingerprint density at radius 3 is 2.31 bits per heavy atom. The molecule has 0 radical (unpaired) electrons. The number of sulfonamides is 1. The molecule has 0 saturated heterocycles. The van der Waals surface area contributed by atoms with Crippen LogP contribution in [0, 0.1) is 13.8 Å². The van der Waals surface area contributed by atoms with Crippen molar-refractivity contribution in [2.45, 2.75) is 33.2 Å². The number of hydrogen-bond acceptors (Lipinski definition) is 3. The Bertz CT molecular complexity index is 864.